The van der Waals surface area contributed by atoms with Crippen molar-refractivity contribution in [2.45, 2.75) is 199 Å². The van der Waals surface area contributed by atoms with Crippen LogP contribution in [-0.2, 0) is 46.3 Å². The topological polar surface area (TPSA) is 265 Å². The van der Waals surface area contributed by atoms with Gasteiger partial charge in [-0.05, 0) is 50.5 Å². The van der Waals surface area contributed by atoms with E-state index in [4.69, 9.17) is 29.0 Å². The van der Waals surface area contributed by atoms with Crippen LogP contribution in [0.2, 0.25) is 0 Å². The molecule has 0 aromatic carbocycles. The summed E-state index contributed by atoms with van der Waals surface area (Å²) in [7, 11) is -10.8. The van der Waals surface area contributed by atoms with Crippen LogP contribution in [0.5, 0.6) is 0 Å². The molecule has 0 saturated carbocycles. The molecular formula is C45H79N3O15P2. The van der Waals surface area contributed by atoms with Gasteiger partial charge in [0.2, 0.25) is 0 Å². The van der Waals surface area contributed by atoms with E-state index in [0.717, 1.165) is 80.9 Å². The van der Waals surface area contributed by atoms with Crippen LogP contribution in [0, 0.1) is 5.92 Å². The fourth-order valence-corrected chi connectivity index (χ4v) is 9.13. The first-order valence-corrected chi connectivity index (χ1v) is 26.7. The molecule has 6 N–H and O–H groups in total. The van der Waals surface area contributed by atoms with Crippen molar-refractivity contribution in [1.82, 2.24) is 9.55 Å². The fraction of sp³-hybridized carbons (Fsp3) is 0.778. The standard InChI is InChI=1S/C45H79N3O15P2/c1-4-5-6-7-8-9-10-11-12-13-14-17-20-23-26-29-40(49)58-33-37(61-41(50)30-27-24-21-18-15-16-19-22-25-28-36(2)3)34-59-64(54,55)63-65(56,57)60-35-38-42(51)43(52)44(62-38)48-32-31-39(46)47-45(48)53/h9-12,31-32,36-38,42-44,51-52H,4-8,13-30,33-35H2,1-3H3,(H,54,55)(H,56,57)(H2,46,47,53)/b10-9-,12-11-/t37-,38-,42+,43?,44-/m1/s1. The lowest BCUT2D eigenvalue weighted by Gasteiger charge is -2.21. The second-order valence-corrected chi connectivity index (χ2v) is 20.2. The Morgan fingerprint density at radius 1 is 0.785 bits per heavy atom. The number of aromatic nitrogens is 2. The number of allylic oxidation sites excluding steroid dienone is 4. The van der Waals surface area contributed by atoms with Crippen LogP contribution >= 0.6 is 15.6 Å². The Hall–Kier alpha value is -2.76. The monoisotopic (exact) mass is 963 g/mol. The number of ether oxygens (including phenoxy) is 3. The van der Waals surface area contributed by atoms with Crippen molar-refractivity contribution in [3.8, 4) is 0 Å². The lowest BCUT2D eigenvalue weighted by atomic mass is 10.0. The zero-order valence-electron chi connectivity index (χ0n) is 39.0. The normalized spacial score (nSPS) is 20.1. The molecule has 2 rings (SSSR count). The third-order valence-corrected chi connectivity index (χ3v) is 13.3. The van der Waals surface area contributed by atoms with Crippen LogP contribution in [0.4, 0.5) is 5.82 Å². The lowest BCUT2D eigenvalue weighted by Crippen LogP contribution is -2.36. The molecular weight excluding hydrogens is 884 g/mol. The molecule has 20 heteroatoms. The van der Waals surface area contributed by atoms with Gasteiger partial charge in [-0.15, -0.1) is 0 Å². The molecule has 65 heavy (non-hydrogen) atoms. The van der Waals surface area contributed by atoms with Crippen LogP contribution < -0.4 is 11.4 Å². The molecule has 1 aromatic rings. The zero-order valence-corrected chi connectivity index (χ0v) is 40.7. The van der Waals surface area contributed by atoms with Crippen molar-refractivity contribution < 1.29 is 66.3 Å². The number of nitrogens with zero attached hydrogens (tertiary/aromatic N) is 2. The predicted octanol–water partition coefficient (Wildman–Crippen LogP) is 8.91. The van der Waals surface area contributed by atoms with Crippen molar-refractivity contribution >= 4 is 33.4 Å². The van der Waals surface area contributed by atoms with Gasteiger partial charge in [-0.3, -0.25) is 23.2 Å². The fourth-order valence-electron chi connectivity index (χ4n) is 7.02. The van der Waals surface area contributed by atoms with Crippen molar-refractivity contribution in [3.05, 3.63) is 47.1 Å². The third kappa shape index (κ3) is 27.6. The minimum atomic E-state index is -5.42. The highest BCUT2D eigenvalue weighted by atomic mass is 31.3. The number of hydrogen-bond acceptors (Lipinski definition) is 15. The number of carbonyl (C=O) groups excluding carboxylic acids is 2. The van der Waals surface area contributed by atoms with Gasteiger partial charge >= 0.3 is 33.3 Å². The zero-order chi connectivity index (χ0) is 47.9. The van der Waals surface area contributed by atoms with Crippen LogP contribution in [-0.4, -0.2) is 85.7 Å². The van der Waals surface area contributed by atoms with Crippen LogP contribution in [0.3, 0.4) is 0 Å². The van der Waals surface area contributed by atoms with E-state index in [1.807, 2.05) is 0 Å². The molecule has 1 fully saturated rings. The second kappa shape index (κ2) is 33.7. The number of anilines is 1. The molecule has 1 saturated heterocycles. The molecule has 3 unspecified atom stereocenters. The summed E-state index contributed by atoms with van der Waals surface area (Å²) in [5.74, 6) is -0.581. The predicted molar refractivity (Wildman–Crippen MR) is 247 cm³/mol. The number of carbonyl (C=O) groups is 2. The molecule has 1 aliphatic heterocycles. The average molecular weight is 964 g/mol. The van der Waals surface area contributed by atoms with Gasteiger partial charge in [0.25, 0.3) is 0 Å². The van der Waals surface area contributed by atoms with E-state index in [1.54, 1.807) is 0 Å². The summed E-state index contributed by atoms with van der Waals surface area (Å²) in [6, 6.07) is 1.25. The highest BCUT2D eigenvalue weighted by Crippen LogP contribution is 2.60. The number of hydrogen-bond donors (Lipinski definition) is 5. The second-order valence-electron chi connectivity index (χ2n) is 17.1. The minimum Gasteiger partial charge on any atom is -0.462 e. The lowest BCUT2D eigenvalue weighted by molar-refractivity contribution is -0.161. The van der Waals surface area contributed by atoms with Crippen LogP contribution in [0.15, 0.2) is 41.4 Å². The van der Waals surface area contributed by atoms with Crippen molar-refractivity contribution in [3.63, 3.8) is 0 Å². The number of rotatable bonds is 38. The van der Waals surface area contributed by atoms with Gasteiger partial charge in [0.15, 0.2) is 12.3 Å². The van der Waals surface area contributed by atoms with Gasteiger partial charge in [0.1, 0.15) is 30.7 Å². The third-order valence-electron chi connectivity index (χ3n) is 10.7. The molecule has 1 aliphatic rings. The number of aliphatic hydroxyl groups excluding tert-OH is 2. The van der Waals surface area contributed by atoms with E-state index < -0.39 is 83.7 Å². The highest BCUT2D eigenvalue weighted by Gasteiger charge is 2.46. The highest BCUT2D eigenvalue weighted by molar-refractivity contribution is 7.61. The van der Waals surface area contributed by atoms with Gasteiger partial charge in [0.05, 0.1) is 13.2 Å². The summed E-state index contributed by atoms with van der Waals surface area (Å²) in [6.07, 6.45) is 24.3. The quantitative estimate of drug-likeness (QED) is 0.0179. The van der Waals surface area contributed by atoms with Gasteiger partial charge in [-0.1, -0.05) is 141 Å². The SMILES string of the molecule is CCCCCC/C=C\C=C/CCCCCCCC(=O)OC[C@H](COP(=O)(O)OP(=O)(O)OC[C@H]1O[C@@H](n2ccc(N)nc2=O)C(O)[C@H]1O)OC(=O)CCCCCCCCCCCC(C)C. The first kappa shape index (κ1) is 58.4. The number of phosphoric acid groups is 2. The molecule has 2 heterocycles. The molecule has 7 atom stereocenters. The molecule has 0 spiro atoms. The Morgan fingerprint density at radius 2 is 1.32 bits per heavy atom. The van der Waals surface area contributed by atoms with Gasteiger partial charge in [0, 0.05) is 19.0 Å². The number of nitrogens with two attached hydrogens (primary N) is 1. The number of unbranched alkanes of at least 4 members (excludes halogenated alkanes) is 17. The molecule has 0 bridgehead atoms. The summed E-state index contributed by atoms with van der Waals surface area (Å²) in [4.78, 5) is 61.7. The molecule has 374 valence electrons. The van der Waals surface area contributed by atoms with Crippen molar-refractivity contribution in [1.29, 1.82) is 0 Å². The van der Waals surface area contributed by atoms with E-state index >= 15 is 0 Å². The molecule has 0 aliphatic carbocycles. The van der Waals surface area contributed by atoms with Crippen LogP contribution in [0.1, 0.15) is 175 Å². The smallest absolute Gasteiger partial charge is 0.462 e. The van der Waals surface area contributed by atoms with Crippen LogP contribution in [0.25, 0.3) is 0 Å². The molecule has 0 radical (unpaired) electrons. The Labute approximate surface area is 385 Å². The Morgan fingerprint density at radius 3 is 1.91 bits per heavy atom. The van der Waals surface area contributed by atoms with E-state index in [2.05, 4.69) is 54.4 Å². The molecule has 0 amide bonds. The Balaban J connectivity index is 1.83. The number of aliphatic hydroxyl groups is 2. The summed E-state index contributed by atoms with van der Waals surface area (Å²) >= 11 is 0. The van der Waals surface area contributed by atoms with Gasteiger partial charge in [-0.2, -0.15) is 9.29 Å². The van der Waals surface area contributed by atoms with Gasteiger partial charge < -0.3 is 39.9 Å². The van der Waals surface area contributed by atoms with Gasteiger partial charge in [-0.25, -0.2) is 13.9 Å². The number of nitrogen functional groups attached to an aromatic ring is 1. The first-order chi connectivity index (χ1) is 31.0. The number of phosphoric ester groups is 2. The summed E-state index contributed by atoms with van der Waals surface area (Å²) in [5, 5.41) is 20.9. The van der Waals surface area contributed by atoms with Crippen molar-refractivity contribution in [2.75, 3.05) is 25.6 Å². The summed E-state index contributed by atoms with van der Waals surface area (Å²) in [6.45, 7) is 4.37. The maximum atomic E-state index is 12.8. The minimum absolute atomic E-state index is 0.0480. The molecule has 18 nitrogen and oxygen atoms in total. The van der Waals surface area contributed by atoms with E-state index in [9.17, 15) is 43.5 Å². The van der Waals surface area contributed by atoms with E-state index in [1.165, 1.54) is 63.9 Å². The first-order valence-electron chi connectivity index (χ1n) is 23.7. The Bertz CT molecular complexity index is 1690. The summed E-state index contributed by atoms with van der Waals surface area (Å²) < 4.78 is 56.6. The van der Waals surface area contributed by atoms with E-state index in [0.29, 0.717) is 12.8 Å². The maximum absolute atomic E-state index is 12.8. The number of esters is 2. The summed E-state index contributed by atoms with van der Waals surface area (Å²) in [5.41, 5.74) is 4.58. The average Bonchev–Trinajstić information content (AvgIpc) is 3.52. The van der Waals surface area contributed by atoms with Crippen molar-refractivity contribution in [2.24, 2.45) is 5.92 Å². The van der Waals surface area contributed by atoms with E-state index in [-0.39, 0.29) is 18.7 Å². The largest absolute Gasteiger partial charge is 0.481 e. The Kier molecular flexibility index (Phi) is 30.2. The molecule has 1 aromatic heterocycles. The maximum Gasteiger partial charge on any atom is 0.481 e.